The zero-order chi connectivity index (χ0) is 20.4. The lowest BCUT2D eigenvalue weighted by Gasteiger charge is -2.35. The molecule has 2 saturated heterocycles. The van der Waals surface area contributed by atoms with Crippen LogP contribution in [0.5, 0.6) is 0 Å². The van der Waals surface area contributed by atoms with Crippen LogP contribution in [0.4, 0.5) is 0 Å². The molecule has 2 aromatic rings. The number of para-hydroxylation sites is 1. The molecule has 0 unspecified atom stereocenters. The van der Waals surface area contributed by atoms with E-state index in [-0.39, 0.29) is 24.0 Å². The Labute approximate surface area is 176 Å². The predicted octanol–water partition coefficient (Wildman–Crippen LogP) is 2.99. The average molecular weight is 416 g/mol. The Bertz CT molecular complexity index is 881. The zero-order valence-corrected chi connectivity index (χ0v) is 18.0. The van der Waals surface area contributed by atoms with Crippen LogP contribution in [0.1, 0.15) is 26.7 Å². The number of morpholine rings is 1. The molecule has 4 rings (SSSR count). The van der Waals surface area contributed by atoms with Crippen molar-refractivity contribution >= 4 is 34.5 Å². The molecule has 1 aromatic carbocycles. The molecule has 0 saturated carbocycles. The number of hydrogen-bond acceptors (Lipinski definition) is 4. The smallest absolute Gasteiger partial charge is 0.242 e. The van der Waals surface area contributed by atoms with E-state index < -0.39 is 0 Å². The van der Waals surface area contributed by atoms with Crippen molar-refractivity contribution in [2.75, 3.05) is 31.9 Å². The number of benzene rings is 1. The monoisotopic (exact) mass is 415 g/mol. The van der Waals surface area contributed by atoms with Crippen molar-refractivity contribution in [3.8, 4) is 0 Å². The highest BCUT2D eigenvalue weighted by molar-refractivity contribution is 8.00. The summed E-state index contributed by atoms with van der Waals surface area (Å²) >= 11 is 1.57. The number of carbonyl (C=O) groups excluding carboxylic acids is 2. The molecule has 0 aliphatic carbocycles. The van der Waals surface area contributed by atoms with Gasteiger partial charge in [0.2, 0.25) is 11.8 Å². The molecule has 0 spiro atoms. The van der Waals surface area contributed by atoms with Crippen LogP contribution in [0.2, 0.25) is 0 Å². The second kappa shape index (κ2) is 8.79. The van der Waals surface area contributed by atoms with Crippen LogP contribution >= 0.6 is 11.8 Å². The number of nitrogens with zero attached hydrogens (tertiary/aromatic N) is 3. The maximum Gasteiger partial charge on any atom is 0.242 e. The summed E-state index contributed by atoms with van der Waals surface area (Å²) in [5.41, 5.74) is 1.03. The average Bonchev–Trinajstić information content (AvgIpc) is 3.34. The third-order valence-corrected chi connectivity index (χ3v) is 6.67. The maximum atomic E-state index is 12.9. The lowest BCUT2D eigenvalue weighted by atomic mass is 10.2. The van der Waals surface area contributed by atoms with Crippen molar-refractivity contribution in [2.45, 2.75) is 50.3 Å². The van der Waals surface area contributed by atoms with Gasteiger partial charge in [0.1, 0.15) is 6.54 Å². The second-order valence-electron chi connectivity index (χ2n) is 8.07. The Morgan fingerprint density at radius 2 is 1.72 bits per heavy atom. The molecule has 0 N–H and O–H groups in total. The van der Waals surface area contributed by atoms with Gasteiger partial charge in [-0.3, -0.25) is 9.59 Å². The first-order valence-electron chi connectivity index (χ1n) is 10.4. The van der Waals surface area contributed by atoms with Crippen molar-refractivity contribution in [3.05, 3.63) is 30.5 Å². The topological polar surface area (TPSA) is 54.8 Å². The van der Waals surface area contributed by atoms with Gasteiger partial charge in [-0.1, -0.05) is 18.2 Å². The van der Waals surface area contributed by atoms with E-state index in [1.165, 1.54) is 0 Å². The second-order valence-corrected chi connectivity index (χ2v) is 9.09. The molecular formula is C22H29N3O3S. The van der Waals surface area contributed by atoms with Crippen molar-refractivity contribution < 1.29 is 14.3 Å². The Morgan fingerprint density at radius 1 is 1.03 bits per heavy atom. The van der Waals surface area contributed by atoms with E-state index in [0.717, 1.165) is 41.7 Å². The molecule has 2 amide bonds. The minimum absolute atomic E-state index is 0.0619. The van der Waals surface area contributed by atoms with Gasteiger partial charge in [-0.2, -0.15) is 0 Å². The van der Waals surface area contributed by atoms with Crippen molar-refractivity contribution in [1.82, 2.24) is 14.4 Å². The highest BCUT2D eigenvalue weighted by atomic mass is 32.2. The summed E-state index contributed by atoms with van der Waals surface area (Å²) in [6.07, 6.45) is 4.36. The SMILES string of the molecule is C[C@@H]1CN(C(=O)Cn2cc(SCC(=O)N3CCCC3)c3ccccc32)C[C@H](C)O1. The van der Waals surface area contributed by atoms with Crippen molar-refractivity contribution in [3.63, 3.8) is 0 Å². The van der Waals surface area contributed by atoms with E-state index in [1.807, 2.05) is 52.6 Å². The van der Waals surface area contributed by atoms with E-state index in [4.69, 9.17) is 4.74 Å². The van der Waals surface area contributed by atoms with Crippen LogP contribution in [0.25, 0.3) is 10.9 Å². The van der Waals surface area contributed by atoms with Crippen LogP contribution < -0.4 is 0 Å². The number of rotatable bonds is 5. The summed E-state index contributed by atoms with van der Waals surface area (Å²) in [4.78, 5) is 30.3. The van der Waals surface area contributed by atoms with Gasteiger partial charge in [0.15, 0.2) is 0 Å². The predicted molar refractivity (Wildman–Crippen MR) is 115 cm³/mol. The van der Waals surface area contributed by atoms with E-state index in [9.17, 15) is 9.59 Å². The summed E-state index contributed by atoms with van der Waals surface area (Å²) in [6.45, 7) is 7.35. The Morgan fingerprint density at radius 3 is 2.45 bits per heavy atom. The molecule has 29 heavy (non-hydrogen) atoms. The van der Waals surface area contributed by atoms with E-state index in [1.54, 1.807) is 11.8 Å². The Kier molecular flexibility index (Phi) is 6.15. The summed E-state index contributed by atoms with van der Waals surface area (Å²) in [5, 5.41) is 1.10. The zero-order valence-electron chi connectivity index (χ0n) is 17.2. The van der Waals surface area contributed by atoms with Crippen molar-refractivity contribution in [1.29, 1.82) is 0 Å². The first-order chi connectivity index (χ1) is 14.0. The molecular weight excluding hydrogens is 386 g/mol. The number of aromatic nitrogens is 1. The lowest BCUT2D eigenvalue weighted by molar-refractivity contribution is -0.143. The lowest BCUT2D eigenvalue weighted by Crippen LogP contribution is -2.49. The molecule has 3 heterocycles. The molecule has 2 aliphatic rings. The third-order valence-electron chi connectivity index (χ3n) is 5.64. The third kappa shape index (κ3) is 4.61. The van der Waals surface area contributed by atoms with Crippen LogP contribution in [-0.4, -0.2) is 70.3 Å². The van der Waals surface area contributed by atoms with Crippen molar-refractivity contribution in [2.24, 2.45) is 0 Å². The highest BCUT2D eigenvalue weighted by Gasteiger charge is 2.26. The quantitative estimate of drug-likeness (QED) is 0.705. The van der Waals surface area contributed by atoms with Gasteiger partial charge < -0.3 is 19.1 Å². The normalized spacial score (nSPS) is 22.4. The minimum Gasteiger partial charge on any atom is -0.372 e. The number of ether oxygens (including phenoxy) is 1. The largest absolute Gasteiger partial charge is 0.372 e. The summed E-state index contributed by atoms with van der Waals surface area (Å²) in [7, 11) is 0. The molecule has 156 valence electrons. The van der Waals surface area contributed by atoms with Crippen LogP contribution in [0.3, 0.4) is 0 Å². The van der Waals surface area contributed by atoms with E-state index in [0.29, 0.717) is 25.4 Å². The number of hydrogen-bond donors (Lipinski definition) is 0. The fourth-order valence-corrected chi connectivity index (χ4v) is 5.27. The summed E-state index contributed by atoms with van der Waals surface area (Å²) in [6, 6.07) is 8.11. The van der Waals surface area contributed by atoms with Gasteiger partial charge in [-0.25, -0.2) is 0 Å². The minimum atomic E-state index is 0.0619. The van der Waals surface area contributed by atoms with Crippen LogP contribution in [-0.2, 0) is 20.9 Å². The molecule has 0 radical (unpaired) electrons. The first kappa shape index (κ1) is 20.3. The van der Waals surface area contributed by atoms with Gasteiger partial charge in [0, 0.05) is 48.2 Å². The number of fused-ring (bicyclic) bond motifs is 1. The Hall–Kier alpha value is -1.99. The summed E-state index contributed by atoms with van der Waals surface area (Å²) < 4.78 is 7.77. The van der Waals surface area contributed by atoms with Crippen LogP contribution in [0, 0.1) is 0 Å². The molecule has 2 fully saturated rings. The van der Waals surface area contributed by atoms with Gasteiger partial charge >= 0.3 is 0 Å². The molecule has 0 bridgehead atoms. The van der Waals surface area contributed by atoms with Gasteiger partial charge in [0.05, 0.1) is 18.0 Å². The van der Waals surface area contributed by atoms with Gasteiger partial charge in [0.25, 0.3) is 0 Å². The maximum absolute atomic E-state index is 12.9. The van der Waals surface area contributed by atoms with Gasteiger partial charge in [-0.15, -0.1) is 11.8 Å². The number of thioether (sulfide) groups is 1. The fourth-order valence-electron chi connectivity index (χ4n) is 4.28. The molecule has 2 aliphatic heterocycles. The Balaban J connectivity index is 1.48. The van der Waals surface area contributed by atoms with Crippen LogP contribution in [0.15, 0.2) is 35.4 Å². The molecule has 1 aromatic heterocycles. The number of carbonyl (C=O) groups is 2. The molecule has 7 heteroatoms. The van der Waals surface area contributed by atoms with E-state index >= 15 is 0 Å². The first-order valence-corrected chi connectivity index (χ1v) is 11.4. The van der Waals surface area contributed by atoms with E-state index in [2.05, 4.69) is 6.07 Å². The fraction of sp³-hybridized carbons (Fsp3) is 0.545. The molecule has 2 atom stereocenters. The standard InChI is InChI=1S/C22H29N3O3S/c1-16-11-25(12-17(2)28-16)21(26)14-24-13-20(18-7-3-4-8-19(18)24)29-15-22(27)23-9-5-6-10-23/h3-4,7-8,13,16-17H,5-6,9-12,14-15H2,1-2H3/t16-,17+. The molecule has 6 nitrogen and oxygen atoms in total. The van der Waals surface area contributed by atoms with Gasteiger partial charge in [-0.05, 0) is 32.8 Å². The summed E-state index contributed by atoms with van der Waals surface area (Å²) in [5.74, 6) is 0.759. The number of likely N-dealkylation sites (tertiary alicyclic amines) is 1. The highest BCUT2D eigenvalue weighted by Crippen LogP contribution is 2.30. The number of amides is 2.